The quantitative estimate of drug-likeness (QED) is 0.263. The number of halogens is 1. The number of aromatic nitrogens is 2. The first-order valence-electron chi connectivity index (χ1n) is 8.38. The smallest absolute Gasteiger partial charge is 0.191 e. The van der Waals surface area contributed by atoms with E-state index in [0.717, 1.165) is 44.4 Å². The lowest BCUT2D eigenvalue weighted by molar-refractivity contribution is 0.195. The first kappa shape index (κ1) is 21.4. The number of guanidine groups is 1. The SMILES string of the molecule is CCNC(=NCc1nccn1Cc1ccccc1)NCCCOC.I. The highest BCUT2D eigenvalue weighted by molar-refractivity contribution is 14.0. The van der Waals surface area contributed by atoms with Gasteiger partial charge in [-0.05, 0) is 18.9 Å². The van der Waals surface area contributed by atoms with Crippen LogP contribution in [0.25, 0.3) is 0 Å². The van der Waals surface area contributed by atoms with E-state index in [1.807, 2.05) is 18.5 Å². The van der Waals surface area contributed by atoms with E-state index in [1.54, 1.807) is 7.11 Å². The molecule has 6 nitrogen and oxygen atoms in total. The van der Waals surface area contributed by atoms with E-state index in [4.69, 9.17) is 4.74 Å². The minimum Gasteiger partial charge on any atom is -0.385 e. The molecule has 0 saturated carbocycles. The fourth-order valence-corrected chi connectivity index (χ4v) is 2.33. The number of benzene rings is 1. The lowest BCUT2D eigenvalue weighted by atomic mass is 10.2. The molecule has 138 valence electrons. The van der Waals surface area contributed by atoms with Gasteiger partial charge in [0.15, 0.2) is 5.96 Å². The maximum absolute atomic E-state index is 5.06. The Bertz CT molecular complexity index is 615. The average Bonchev–Trinajstić information content (AvgIpc) is 3.04. The molecule has 0 bridgehead atoms. The van der Waals surface area contributed by atoms with Gasteiger partial charge in [0.1, 0.15) is 12.4 Å². The summed E-state index contributed by atoms with van der Waals surface area (Å²) < 4.78 is 7.19. The van der Waals surface area contributed by atoms with Crippen molar-refractivity contribution in [3.8, 4) is 0 Å². The van der Waals surface area contributed by atoms with Crippen molar-refractivity contribution < 1.29 is 4.74 Å². The van der Waals surface area contributed by atoms with Gasteiger partial charge in [-0.1, -0.05) is 30.3 Å². The van der Waals surface area contributed by atoms with Gasteiger partial charge < -0.3 is 19.9 Å². The Hall–Kier alpha value is -1.61. The third kappa shape index (κ3) is 7.87. The molecule has 1 aromatic heterocycles. The summed E-state index contributed by atoms with van der Waals surface area (Å²) in [5.74, 6) is 1.76. The van der Waals surface area contributed by atoms with Crippen LogP contribution in [0.5, 0.6) is 0 Å². The Morgan fingerprint density at radius 1 is 1.24 bits per heavy atom. The van der Waals surface area contributed by atoms with Crippen molar-refractivity contribution in [1.82, 2.24) is 20.2 Å². The van der Waals surface area contributed by atoms with Gasteiger partial charge in [0.05, 0.1) is 0 Å². The Labute approximate surface area is 167 Å². The molecule has 25 heavy (non-hydrogen) atoms. The fourth-order valence-electron chi connectivity index (χ4n) is 2.33. The third-order valence-corrected chi connectivity index (χ3v) is 3.54. The number of nitrogens with one attached hydrogen (secondary N) is 2. The van der Waals surface area contributed by atoms with Gasteiger partial charge >= 0.3 is 0 Å². The third-order valence-electron chi connectivity index (χ3n) is 3.54. The maximum atomic E-state index is 5.06. The zero-order chi connectivity index (χ0) is 17.0. The van der Waals surface area contributed by atoms with E-state index in [9.17, 15) is 0 Å². The van der Waals surface area contributed by atoms with Crippen LogP contribution in [0.3, 0.4) is 0 Å². The minimum absolute atomic E-state index is 0. The van der Waals surface area contributed by atoms with E-state index < -0.39 is 0 Å². The van der Waals surface area contributed by atoms with Crippen molar-refractivity contribution in [3.63, 3.8) is 0 Å². The van der Waals surface area contributed by atoms with E-state index in [1.165, 1.54) is 5.56 Å². The standard InChI is InChI=1S/C18H27N5O.HI/c1-3-19-18(21-10-7-13-24-2)22-14-17-20-11-12-23(17)15-16-8-5-4-6-9-16;/h4-6,8-9,11-12H,3,7,10,13-15H2,1-2H3,(H2,19,21,22);1H. The van der Waals surface area contributed by atoms with Gasteiger partial charge in [-0.3, -0.25) is 0 Å². The van der Waals surface area contributed by atoms with Crippen molar-refractivity contribution in [2.75, 3.05) is 26.8 Å². The molecule has 0 unspecified atom stereocenters. The lowest BCUT2D eigenvalue weighted by Gasteiger charge is -2.11. The molecule has 0 aliphatic rings. The van der Waals surface area contributed by atoms with Gasteiger partial charge in [0, 0.05) is 45.7 Å². The monoisotopic (exact) mass is 457 g/mol. The molecule has 1 heterocycles. The van der Waals surface area contributed by atoms with Gasteiger partial charge in [0.25, 0.3) is 0 Å². The average molecular weight is 457 g/mol. The summed E-state index contributed by atoms with van der Waals surface area (Å²) >= 11 is 0. The van der Waals surface area contributed by atoms with Gasteiger partial charge in [-0.2, -0.15) is 0 Å². The first-order chi connectivity index (χ1) is 11.8. The highest BCUT2D eigenvalue weighted by Crippen LogP contribution is 2.06. The zero-order valence-electron chi connectivity index (χ0n) is 14.9. The van der Waals surface area contributed by atoms with Crippen LogP contribution in [0, 0.1) is 0 Å². The van der Waals surface area contributed by atoms with Crippen LogP contribution in [-0.4, -0.2) is 42.3 Å². The van der Waals surface area contributed by atoms with Gasteiger partial charge in [0.2, 0.25) is 0 Å². The van der Waals surface area contributed by atoms with E-state index >= 15 is 0 Å². The van der Waals surface area contributed by atoms with Crippen molar-refractivity contribution in [1.29, 1.82) is 0 Å². The Balaban J connectivity index is 0.00000312. The van der Waals surface area contributed by atoms with Crippen molar-refractivity contribution in [2.24, 2.45) is 4.99 Å². The van der Waals surface area contributed by atoms with Gasteiger partial charge in [-0.15, -0.1) is 24.0 Å². The molecule has 1 aromatic carbocycles. The van der Waals surface area contributed by atoms with Crippen LogP contribution in [-0.2, 0) is 17.8 Å². The number of imidazole rings is 1. The molecule has 0 aliphatic carbocycles. The summed E-state index contributed by atoms with van der Waals surface area (Å²) in [5.41, 5.74) is 1.25. The lowest BCUT2D eigenvalue weighted by Crippen LogP contribution is -2.38. The van der Waals surface area contributed by atoms with Crippen LogP contribution >= 0.6 is 24.0 Å². The molecule has 2 aromatic rings. The van der Waals surface area contributed by atoms with Crippen LogP contribution in [0.1, 0.15) is 24.7 Å². The molecule has 7 heteroatoms. The number of hydrogen-bond acceptors (Lipinski definition) is 3. The molecule has 0 saturated heterocycles. The van der Waals surface area contributed by atoms with Crippen LogP contribution in [0.15, 0.2) is 47.7 Å². The topological polar surface area (TPSA) is 63.5 Å². The molecular formula is C18H28IN5O. The number of hydrogen-bond donors (Lipinski definition) is 2. The molecule has 0 amide bonds. The van der Waals surface area contributed by atoms with Crippen molar-refractivity contribution in [2.45, 2.75) is 26.4 Å². The number of rotatable bonds is 9. The largest absolute Gasteiger partial charge is 0.385 e. The van der Waals surface area contributed by atoms with Crippen LogP contribution < -0.4 is 10.6 Å². The molecule has 2 rings (SSSR count). The van der Waals surface area contributed by atoms with Crippen LogP contribution in [0.2, 0.25) is 0 Å². The normalized spacial score (nSPS) is 11.0. The number of nitrogens with zero attached hydrogens (tertiary/aromatic N) is 3. The zero-order valence-corrected chi connectivity index (χ0v) is 17.3. The summed E-state index contributed by atoms with van der Waals surface area (Å²) in [6.45, 7) is 5.81. The molecule has 0 atom stereocenters. The highest BCUT2D eigenvalue weighted by Gasteiger charge is 2.04. The summed E-state index contributed by atoms with van der Waals surface area (Å²) in [5, 5.41) is 6.56. The molecule has 0 aliphatic heterocycles. The second-order valence-corrected chi connectivity index (χ2v) is 5.43. The highest BCUT2D eigenvalue weighted by atomic mass is 127. The Morgan fingerprint density at radius 2 is 2.04 bits per heavy atom. The fraction of sp³-hybridized carbons (Fsp3) is 0.444. The van der Waals surface area contributed by atoms with E-state index in [2.05, 4.69) is 56.4 Å². The molecule has 0 spiro atoms. The molecule has 0 radical (unpaired) electrons. The molecule has 0 fully saturated rings. The number of methoxy groups -OCH3 is 1. The molecular weight excluding hydrogens is 429 g/mol. The summed E-state index contributed by atoms with van der Waals surface area (Å²) in [7, 11) is 1.71. The first-order valence-corrected chi connectivity index (χ1v) is 8.38. The van der Waals surface area contributed by atoms with Crippen LogP contribution in [0.4, 0.5) is 0 Å². The van der Waals surface area contributed by atoms with Crippen molar-refractivity contribution >= 4 is 29.9 Å². The number of ether oxygens (including phenoxy) is 1. The number of aliphatic imine (C=N–C) groups is 1. The Kier molecular flexibility index (Phi) is 10.9. The maximum Gasteiger partial charge on any atom is 0.191 e. The molecule has 2 N–H and O–H groups in total. The predicted molar refractivity (Wildman–Crippen MR) is 112 cm³/mol. The van der Waals surface area contributed by atoms with Gasteiger partial charge in [-0.25, -0.2) is 9.98 Å². The van der Waals surface area contributed by atoms with E-state index in [0.29, 0.717) is 6.54 Å². The summed E-state index contributed by atoms with van der Waals surface area (Å²) in [6.07, 6.45) is 4.77. The second kappa shape index (κ2) is 12.7. The summed E-state index contributed by atoms with van der Waals surface area (Å²) in [6, 6.07) is 10.4. The second-order valence-electron chi connectivity index (χ2n) is 5.43. The predicted octanol–water partition coefficient (Wildman–Crippen LogP) is 2.64. The van der Waals surface area contributed by atoms with Crippen molar-refractivity contribution in [3.05, 3.63) is 54.1 Å². The van der Waals surface area contributed by atoms with E-state index in [-0.39, 0.29) is 24.0 Å². The Morgan fingerprint density at radius 3 is 2.76 bits per heavy atom. The minimum atomic E-state index is 0. The summed E-state index contributed by atoms with van der Waals surface area (Å²) in [4.78, 5) is 9.06.